The van der Waals surface area contributed by atoms with Crippen LogP contribution in [0.25, 0.3) is 0 Å². The predicted octanol–water partition coefficient (Wildman–Crippen LogP) is 0.652. The number of hydrogen-bond donors (Lipinski definition) is 0. The third-order valence-corrected chi connectivity index (χ3v) is 1.71. The number of fused-ring (bicyclic) bond motifs is 1. The van der Waals surface area contributed by atoms with Crippen molar-refractivity contribution in [3.8, 4) is 0 Å². The Morgan fingerprint density at radius 3 is 2.83 bits per heavy atom. The molecule has 0 spiro atoms. The van der Waals surface area contributed by atoms with E-state index in [1.165, 1.54) is 0 Å². The van der Waals surface area contributed by atoms with Gasteiger partial charge in [-0.3, -0.25) is 4.79 Å². The van der Waals surface area contributed by atoms with Crippen LogP contribution >= 0.6 is 0 Å². The quantitative estimate of drug-likeness (QED) is 0.560. The van der Waals surface area contributed by atoms with E-state index in [0.29, 0.717) is 11.1 Å². The number of benzene rings is 1. The number of carbonyl (C=O) groups is 1. The van der Waals surface area contributed by atoms with E-state index in [-0.39, 0.29) is 0 Å². The summed E-state index contributed by atoms with van der Waals surface area (Å²) in [5.74, 6) is -0.433. The molecule has 1 aromatic carbocycles. The van der Waals surface area contributed by atoms with Crippen LogP contribution in [0.5, 0.6) is 0 Å². The Morgan fingerprint density at radius 1 is 1.33 bits per heavy atom. The van der Waals surface area contributed by atoms with Gasteiger partial charge in [0.25, 0.3) is 5.91 Å². The first kappa shape index (κ1) is 7.12. The molecule has 1 unspecified atom stereocenters. The Bertz CT molecular complexity index is 360. The highest BCUT2D eigenvalue weighted by atomic mass is 16.3. The molecule has 0 aromatic heterocycles. The van der Waals surface area contributed by atoms with E-state index in [1.54, 1.807) is 24.3 Å². The average molecular weight is 161 g/mol. The molecular formula is C8H5N2O2-. The van der Waals surface area contributed by atoms with E-state index in [0.717, 1.165) is 0 Å². The summed E-state index contributed by atoms with van der Waals surface area (Å²) in [5.41, 5.74) is 0.782. The van der Waals surface area contributed by atoms with Gasteiger partial charge in [0.2, 0.25) is 0 Å². The molecule has 1 amide bonds. The van der Waals surface area contributed by atoms with Crippen LogP contribution in [0.4, 0.5) is 0 Å². The fraction of sp³-hybridized carbons (Fsp3) is 0.125. The average Bonchev–Trinajstić information content (AvgIpc) is 2.12. The second-order valence-corrected chi connectivity index (χ2v) is 2.46. The summed E-state index contributed by atoms with van der Waals surface area (Å²) < 4.78 is 0. The van der Waals surface area contributed by atoms with Gasteiger partial charge in [-0.2, -0.15) is 5.11 Å². The fourth-order valence-corrected chi connectivity index (χ4v) is 1.13. The van der Waals surface area contributed by atoms with Crippen molar-refractivity contribution >= 4 is 5.91 Å². The van der Waals surface area contributed by atoms with E-state index in [1.807, 2.05) is 0 Å². The minimum absolute atomic E-state index is 0.368. The number of carbonyl (C=O) groups excluding carboxylic acids is 1. The first-order chi connectivity index (χ1) is 5.79. The van der Waals surface area contributed by atoms with Crippen LogP contribution in [-0.2, 0) is 0 Å². The highest BCUT2D eigenvalue weighted by Crippen LogP contribution is 2.22. The molecule has 0 bridgehead atoms. The minimum Gasteiger partial charge on any atom is -0.830 e. The molecule has 0 fully saturated rings. The molecule has 2 rings (SSSR count). The Hall–Kier alpha value is -1.55. The van der Waals surface area contributed by atoms with E-state index in [9.17, 15) is 9.90 Å². The standard InChI is InChI=1S/C8H5N2O2/c11-7-5-3-1-2-4-6(5)8(12)10-9-7/h1-4,7H/q-1. The lowest BCUT2D eigenvalue weighted by Gasteiger charge is -2.21. The maximum Gasteiger partial charge on any atom is 0.295 e. The summed E-state index contributed by atoms with van der Waals surface area (Å²) in [6.07, 6.45) is -1.24. The number of nitrogens with zero attached hydrogens (tertiary/aromatic N) is 2. The molecule has 60 valence electrons. The summed E-state index contributed by atoms with van der Waals surface area (Å²) >= 11 is 0. The molecule has 0 N–H and O–H groups in total. The van der Waals surface area contributed by atoms with Crippen LogP contribution in [0.2, 0.25) is 0 Å². The first-order valence-corrected chi connectivity index (χ1v) is 3.49. The number of azo groups is 1. The molecule has 1 atom stereocenters. The monoisotopic (exact) mass is 161 g/mol. The third kappa shape index (κ3) is 0.931. The van der Waals surface area contributed by atoms with Crippen LogP contribution in [0.15, 0.2) is 34.5 Å². The summed E-state index contributed by atoms with van der Waals surface area (Å²) in [7, 11) is 0. The summed E-state index contributed by atoms with van der Waals surface area (Å²) in [5, 5.41) is 17.6. The van der Waals surface area contributed by atoms with E-state index in [4.69, 9.17) is 0 Å². The lowest BCUT2D eigenvalue weighted by Crippen LogP contribution is -2.19. The number of amides is 1. The molecule has 4 heteroatoms. The van der Waals surface area contributed by atoms with Gasteiger partial charge >= 0.3 is 0 Å². The molecule has 4 nitrogen and oxygen atoms in total. The van der Waals surface area contributed by atoms with E-state index in [2.05, 4.69) is 10.2 Å². The minimum atomic E-state index is -1.24. The summed E-state index contributed by atoms with van der Waals surface area (Å²) in [6.45, 7) is 0. The molecule has 12 heavy (non-hydrogen) atoms. The van der Waals surface area contributed by atoms with E-state index < -0.39 is 12.1 Å². The highest BCUT2D eigenvalue weighted by molar-refractivity contribution is 5.96. The van der Waals surface area contributed by atoms with Crippen LogP contribution < -0.4 is 5.11 Å². The second-order valence-electron chi connectivity index (χ2n) is 2.46. The number of rotatable bonds is 0. The molecule has 0 saturated heterocycles. The van der Waals surface area contributed by atoms with E-state index >= 15 is 0 Å². The number of hydrogen-bond acceptors (Lipinski definition) is 3. The fourth-order valence-electron chi connectivity index (χ4n) is 1.13. The van der Waals surface area contributed by atoms with Crippen LogP contribution in [-0.4, -0.2) is 5.91 Å². The molecule has 0 radical (unpaired) electrons. The van der Waals surface area contributed by atoms with Gasteiger partial charge in [-0.05, 0) is 11.6 Å². The van der Waals surface area contributed by atoms with Gasteiger partial charge in [0.15, 0.2) is 0 Å². The summed E-state index contributed by atoms with van der Waals surface area (Å²) in [6, 6.07) is 6.59. The highest BCUT2D eigenvalue weighted by Gasteiger charge is 2.15. The van der Waals surface area contributed by atoms with Crippen molar-refractivity contribution in [3.63, 3.8) is 0 Å². The summed E-state index contributed by atoms with van der Waals surface area (Å²) in [4.78, 5) is 11.0. The Morgan fingerprint density at radius 2 is 2.08 bits per heavy atom. The molecule has 1 aliphatic rings. The normalized spacial score (nSPS) is 20.8. The van der Waals surface area contributed by atoms with Crippen molar-refractivity contribution in [2.24, 2.45) is 10.2 Å². The maximum atomic E-state index is 11.1. The van der Waals surface area contributed by atoms with Gasteiger partial charge in [-0.15, -0.1) is 5.11 Å². The van der Waals surface area contributed by atoms with Gasteiger partial charge in [0.1, 0.15) is 0 Å². The van der Waals surface area contributed by atoms with Crippen molar-refractivity contribution in [1.82, 2.24) is 0 Å². The Balaban J connectivity index is 2.61. The lowest BCUT2D eigenvalue weighted by molar-refractivity contribution is -0.425. The van der Waals surface area contributed by atoms with Gasteiger partial charge in [-0.1, -0.05) is 18.2 Å². The molecular weight excluding hydrogens is 156 g/mol. The lowest BCUT2D eigenvalue weighted by atomic mass is 10.1. The molecule has 1 aromatic rings. The zero-order chi connectivity index (χ0) is 8.55. The largest absolute Gasteiger partial charge is 0.830 e. The molecule has 1 heterocycles. The topological polar surface area (TPSA) is 64.8 Å². The van der Waals surface area contributed by atoms with Crippen LogP contribution in [0, 0.1) is 0 Å². The van der Waals surface area contributed by atoms with Crippen LogP contribution in [0.3, 0.4) is 0 Å². The van der Waals surface area contributed by atoms with Gasteiger partial charge in [-0.25, -0.2) is 0 Å². The van der Waals surface area contributed by atoms with Crippen molar-refractivity contribution in [2.75, 3.05) is 0 Å². The molecule has 0 saturated carbocycles. The molecule has 1 aliphatic heterocycles. The third-order valence-electron chi connectivity index (χ3n) is 1.71. The predicted molar refractivity (Wildman–Crippen MR) is 38.4 cm³/mol. The van der Waals surface area contributed by atoms with Crippen molar-refractivity contribution in [3.05, 3.63) is 35.4 Å². The Labute approximate surface area is 68.6 Å². The van der Waals surface area contributed by atoms with Gasteiger partial charge in [0, 0.05) is 11.8 Å². The SMILES string of the molecule is O=C1N=NC([O-])c2ccccc21. The van der Waals surface area contributed by atoms with Gasteiger partial charge < -0.3 is 5.11 Å². The van der Waals surface area contributed by atoms with Gasteiger partial charge in [0.05, 0.1) is 0 Å². The molecule has 0 aliphatic carbocycles. The second kappa shape index (κ2) is 2.49. The zero-order valence-electron chi connectivity index (χ0n) is 6.10. The van der Waals surface area contributed by atoms with Crippen LogP contribution in [0.1, 0.15) is 22.1 Å². The Kier molecular flexibility index (Phi) is 1.48. The van der Waals surface area contributed by atoms with Crippen molar-refractivity contribution in [2.45, 2.75) is 6.23 Å². The van der Waals surface area contributed by atoms with Crippen molar-refractivity contribution < 1.29 is 9.90 Å². The maximum absolute atomic E-state index is 11.1. The zero-order valence-corrected chi connectivity index (χ0v) is 6.10. The smallest absolute Gasteiger partial charge is 0.295 e. The first-order valence-electron chi connectivity index (χ1n) is 3.49. The van der Waals surface area contributed by atoms with Crippen molar-refractivity contribution in [1.29, 1.82) is 0 Å².